The summed E-state index contributed by atoms with van der Waals surface area (Å²) in [7, 11) is 4.21. The van der Waals surface area contributed by atoms with Gasteiger partial charge in [-0.05, 0) is 54.5 Å². The van der Waals surface area contributed by atoms with Crippen LogP contribution < -0.4 is 5.32 Å². The van der Waals surface area contributed by atoms with Gasteiger partial charge in [0.25, 0.3) is 0 Å². The van der Waals surface area contributed by atoms with E-state index in [0.717, 1.165) is 27.7 Å². The van der Waals surface area contributed by atoms with E-state index in [1.54, 1.807) is 0 Å². The predicted molar refractivity (Wildman–Crippen MR) is 92.7 cm³/mol. The standard InChI is InChI=1S/C16H23BrN4/c1-11(16(2,3)10-21(4)5)20-13-6-7-18-14-8-12(17)9-19-15(13)14/h6-9,11H,10H2,1-5H3,(H,18,20). The number of aromatic nitrogens is 2. The summed E-state index contributed by atoms with van der Waals surface area (Å²) in [6, 6.07) is 4.30. The lowest BCUT2D eigenvalue weighted by Gasteiger charge is -2.35. The van der Waals surface area contributed by atoms with Crippen LogP contribution in [0.25, 0.3) is 11.0 Å². The highest BCUT2D eigenvalue weighted by molar-refractivity contribution is 9.10. The first-order valence-corrected chi connectivity index (χ1v) is 7.90. The predicted octanol–water partition coefficient (Wildman–Crippen LogP) is 3.78. The summed E-state index contributed by atoms with van der Waals surface area (Å²) in [5, 5.41) is 3.61. The van der Waals surface area contributed by atoms with Gasteiger partial charge in [0.15, 0.2) is 0 Å². The highest BCUT2D eigenvalue weighted by atomic mass is 79.9. The van der Waals surface area contributed by atoms with E-state index >= 15 is 0 Å². The van der Waals surface area contributed by atoms with Crippen molar-refractivity contribution in [3.05, 3.63) is 29.0 Å². The van der Waals surface area contributed by atoms with Crippen molar-refractivity contribution in [3.63, 3.8) is 0 Å². The monoisotopic (exact) mass is 350 g/mol. The molecule has 114 valence electrons. The molecule has 0 spiro atoms. The quantitative estimate of drug-likeness (QED) is 0.890. The molecule has 0 saturated carbocycles. The van der Waals surface area contributed by atoms with Gasteiger partial charge in [-0.15, -0.1) is 0 Å². The maximum atomic E-state index is 4.49. The Bertz CT molecular complexity index is 625. The molecule has 0 amide bonds. The van der Waals surface area contributed by atoms with Crippen molar-refractivity contribution in [1.82, 2.24) is 14.9 Å². The molecule has 4 nitrogen and oxygen atoms in total. The van der Waals surface area contributed by atoms with Crippen LogP contribution in [0, 0.1) is 5.41 Å². The number of hydrogen-bond acceptors (Lipinski definition) is 4. The van der Waals surface area contributed by atoms with Crippen molar-refractivity contribution in [2.75, 3.05) is 26.0 Å². The molecule has 0 saturated heterocycles. The Morgan fingerprint density at radius 3 is 2.71 bits per heavy atom. The molecule has 2 aromatic rings. The van der Waals surface area contributed by atoms with Crippen molar-refractivity contribution in [2.24, 2.45) is 5.41 Å². The fourth-order valence-electron chi connectivity index (χ4n) is 2.50. The van der Waals surface area contributed by atoms with Gasteiger partial charge in [0.1, 0.15) is 5.52 Å². The van der Waals surface area contributed by atoms with E-state index in [9.17, 15) is 0 Å². The average Bonchev–Trinajstić information content (AvgIpc) is 2.37. The van der Waals surface area contributed by atoms with E-state index in [1.807, 2.05) is 24.5 Å². The molecule has 0 radical (unpaired) electrons. The second-order valence-electron chi connectivity index (χ2n) is 6.47. The molecule has 21 heavy (non-hydrogen) atoms. The Labute approximate surface area is 135 Å². The Hall–Kier alpha value is -1.20. The van der Waals surface area contributed by atoms with Crippen LogP contribution >= 0.6 is 15.9 Å². The minimum Gasteiger partial charge on any atom is -0.380 e. The molecule has 2 heterocycles. The molecular formula is C16H23BrN4. The van der Waals surface area contributed by atoms with E-state index in [2.05, 4.69) is 71.0 Å². The van der Waals surface area contributed by atoms with Gasteiger partial charge >= 0.3 is 0 Å². The second kappa shape index (κ2) is 6.28. The first-order valence-electron chi connectivity index (χ1n) is 7.11. The molecule has 1 unspecified atom stereocenters. The molecule has 0 aliphatic heterocycles. The maximum absolute atomic E-state index is 4.49. The summed E-state index contributed by atoms with van der Waals surface area (Å²) >= 11 is 3.44. The molecule has 1 N–H and O–H groups in total. The van der Waals surface area contributed by atoms with Crippen LogP contribution in [-0.4, -0.2) is 41.5 Å². The number of rotatable bonds is 5. The summed E-state index contributed by atoms with van der Waals surface area (Å²) in [6.45, 7) is 7.79. The van der Waals surface area contributed by atoms with E-state index < -0.39 is 0 Å². The fraction of sp³-hybridized carbons (Fsp3) is 0.500. The SMILES string of the molecule is CC(Nc1ccnc2cc(Br)cnc12)C(C)(C)CN(C)C. The Balaban J connectivity index is 2.27. The Morgan fingerprint density at radius 1 is 1.33 bits per heavy atom. The number of fused-ring (bicyclic) bond motifs is 1. The molecule has 1 atom stereocenters. The van der Waals surface area contributed by atoms with Crippen LogP contribution in [0.4, 0.5) is 5.69 Å². The van der Waals surface area contributed by atoms with Crippen LogP contribution in [0.3, 0.4) is 0 Å². The summed E-state index contributed by atoms with van der Waals surface area (Å²) in [5.74, 6) is 0. The lowest BCUT2D eigenvalue weighted by atomic mass is 9.84. The van der Waals surface area contributed by atoms with Crippen LogP contribution in [0.5, 0.6) is 0 Å². The number of hydrogen-bond donors (Lipinski definition) is 1. The summed E-state index contributed by atoms with van der Waals surface area (Å²) in [4.78, 5) is 11.1. The summed E-state index contributed by atoms with van der Waals surface area (Å²) in [6.07, 6.45) is 3.63. The zero-order valence-electron chi connectivity index (χ0n) is 13.3. The van der Waals surface area contributed by atoms with E-state index in [1.165, 1.54) is 0 Å². The lowest BCUT2D eigenvalue weighted by molar-refractivity contribution is 0.217. The van der Waals surface area contributed by atoms with E-state index in [4.69, 9.17) is 0 Å². The molecule has 0 fully saturated rings. The largest absolute Gasteiger partial charge is 0.380 e. The highest BCUT2D eigenvalue weighted by Gasteiger charge is 2.27. The fourth-order valence-corrected chi connectivity index (χ4v) is 2.82. The van der Waals surface area contributed by atoms with Gasteiger partial charge in [0.2, 0.25) is 0 Å². The van der Waals surface area contributed by atoms with Gasteiger partial charge in [0, 0.05) is 29.5 Å². The van der Waals surface area contributed by atoms with Gasteiger partial charge in [-0.25, -0.2) is 0 Å². The molecule has 5 heteroatoms. The zero-order chi connectivity index (χ0) is 15.6. The number of halogens is 1. The molecule has 0 aliphatic carbocycles. The minimum atomic E-state index is 0.147. The van der Waals surface area contributed by atoms with Crippen molar-refractivity contribution in [3.8, 4) is 0 Å². The van der Waals surface area contributed by atoms with E-state index in [0.29, 0.717) is 6.04 Å². The smallest absolute Gasteiger partial charge is 0.112 e. The summed E-state index contributed by atoms with van der Waals surface area (Å²) < 4.78 is 0.945. The van der Waals surface area contributed by atoms with Crippen LogP contribution in [0.2, 0.25) is 0 Å². The number of nitrogens with zero attached hydrogens (tertiary/aromatic N) is 3. The van der Waals surface area contributed by atoms with Crippen molar-refractivity contribution in [1.29, 1.82) is 0 Å². The summed E-state index contributed by atoms with van der Waals surface area (Å²) in [5.41, 5.74) is 2.99. The van der Waals surface area contributed by atoms with Crippen LogP contribution in [0.15, 0.2) is 29.0 Å². The molecular weight excluding hydrogens is 328 g/mol. The van der Waals surface area contributed by atoms with Gasteiger partial charge in [0.05, 0.1) is 11.2 Å². The Morgan fingerprint density at radius 2 is 2.05 bits per heavy atom. The normalized spacial score (nSPS) is 13.7. The van der Waals surface area contributed by atoms with Crippen molar-refractivity contribution < 1.29 is 0 Å². The third-order valence-electron chi connectivity index (χ3n) is 3.81. The number of anilines is 1. The first-order chi connectivity index (χ1) is 9.79. The highest BCUT2D eigenvalue weighted by Crippen LogP contribution is 2.28. The molecule has 0 aromatic carbocycles. The first kappa shape index (κ1) is 16.2. The van der Waals surface area contributed by atoms with Crippen LogP contribution in [0.1, 0.15) is 20.8 Å². The van der Waals surface area contributed by atoms with Crippen LogP contribution in [-0.2, 0) is 0 Å². The third kappa shape index (κ3) is 3.92. The zero-order valence-corrected chi connectivity index (χ0v) is 14.9. The lowest BCUT2D eigenvalue weighted by Crippen LogP contribution is -2.41. The third-order valence-corrected chi connectivity index (χ3v) is 4.25. The van der Waals surface area contributed by atoms with Crippen molar-refractivity contribution in [2.45, 2.75) is 26.8 Å². The number of nitrogens with one attached hydrogen (secondary N) is 1. The van der Waals surface area contributed by atoms with E-state index in [-0.39, 0.29) is 5.41 Å². The molecule has 0 bridgehead atoms. The topological polar surface area (TPSA) is 41.1 Å². The maximum Gasteiger partial charge on any atom is 0.112 e. The van der Waals surface area contributed by atoms with Gasteiger partial charge in [-0.1, -0.05) is 13.8 Å². The molecule has 0 aliphatic rings. The van der Waals surface area contributed by atoms with Gasteiger partial charge in [-0.3, -0.25) is 9.97 Å². The molecule has 2 rings (SSSR count). The Kier molecular flexibility index (Phi) is 4.84. The second-order valence-corrected chi connectivity index (χ2v) is 7.39. The average molecular weight is 351 g/mol. The minimum absolute atomic E-state index is 0.147. The van der Waals surface area contributed by atoms with Gasteiger partial charge < -0.3 is 10.2 Å². The number of pyridine rings is 2. The molecule has 2 aromatic heterocycles. The van der Waals surface area contributed by atoms with Crippen molar-refractivity contribution >= 4 is 32.7 Å². The van der Waals surface area contributed by atoms with Gasteiger partial charge in [-0.2, -0.15) is 0 Å².